The van der Waals surface area contributed by atoms with E-state index in [0.717, 1.165) is 42.2 Å². The lowest BCUT2D eigenvalue weighted by molar-refractivity contribution is 0.624. The van der Waals surface area contributed by atoms with E-state index in [1.165, 1.54) is 5.69 Å². The average molecular weight is 258 g/mol. The van der Waals surface area contributed by atoms with Gasteiger partial charge in [0.05, 0.1) is 0 Å². The Balaban J connectivity index is 2.17. The first-order valence-electron chi connectivity index (χ1n) is 6.00. The van der Waals surface area contributed by atoms with Crippen LogP contribution in [0.25, 0.3) is 11.5 Å². The summed E-state index contributed by atoms with van der Waals surface area (Å²) in [5.41, 5.74) is 4.29. The minimum absolute atomic E-state index is 0.677. The van der Waals surface area contributed by atoms with Crippen LogP contribution in [-0.2, 0) is 13.0 Å². The van der Waals surface area contributed by atoms with Gasteiger partial charge in [0.1, 0.15) is 10.3 Å². The molecule has 0 unspecified atom stereocenters. The van der Waals surface area contributed by atoms with Gasteiger partial charge in [-0.2, -0.15) is 0 Å². The molecule has 0 saturated heterocycles. The van der Waals surface area contributed by atoms with E-state index in [4.69, 9.17) is 12.2 Å². The third-order valence-electron chi connectivity index (χ3n) is 3.19. The summed E-state index contributed by atoms with van der Waals surface area (Å²) in [5, 5.41) is 3.31. The van der Waals surface area contributed by atoms with Crippen molar-refractivity contribution in [1.82, 2.24) is 20.3 Å². The van der Waals surface area contributed by atoms with E-state index in [1.54, 1.807) is 6.20 Å². The minimum Gasteiger partial charge on any atom is -0.341 e. The van der Waals surface area contributed by atoms with Crippen molar-refractivity contribution in [3.8, 4) is 11.5 Å². The van der Waals surface area contributed by atoms with Crippen LogP contribution < -0.4 is 5.32 Å². The zero-order chi connectivity index (χ0) is 12.5. The van der Waals surface area contributed by atoms with Gasteiger partial charge < -0.3 is 10.3 Å². The van der Waals surface area contributed by atoms with Crippen LogP contribution in [0.2, 0.25) is 0 Å². The number of H-pyrrole nitrogens is 1. The molecule has 0 atom stereocenters. The summed E-state index contributed by atoms with van der Waals surface area (Å²) in [6, 6.07) is 3.96. The molecule has 5 heteroatoms. The van der Waals surface area contributed by atoms with E-state index in [2.05, 4.69) is 20.3 Å². The van der Waals surface area contributed by atoms with E-state index >= 15 is 0 Å². The molecule has 2 aromatic rings. The second-order valence-electron chi connectivity index (χ2n) is 4.44. The van der Waals surface area contributed by atoms with E-state index in [1.807, 2.05) is 19.1 Å². The number of nitrogens with one attached hydrogen (secondary N) is 2. The highest BCUT2D eigenvalue weighted by Crippen LogP contribution is 2.20. The lowest BCUT2D eigenvalue weighted by atomic mass is 10.1. The SMILES string of the molecule is Cc1cccnc1-c1nc(=S)c2c([nH]1)CCNC2. The smallest absolute Gasteiger partial charge is 0.158 e. The first kappa shape index (κ1) is 11.5. The molecule has 3 rings (SSSR count). The maximum absolute atomic E-state index is 5.37. The first-order valence-corrected chi connectivity index (χ1v) is 6.41. The average Bonchev–Trinajstić information content (AvgIpc) is 2.39. The number of pyridine rings is 1. The van der Waals surface area contributed by atoms with Crippen LogP contribution in [0.1, 0.15) is 16.8 Å². The Morgan fingerprint density at radius 3 is 3.11 bits per heavy atom. The Kier molecular flexibility index (Phi) is 2.93. The van der Waals surface area contributed by atoms with Crippen molar-refractivity contribution in [2.75, 3.05) is 6.54 Å². The molecule has 0 saturated carbocycles. The second-order valence-corrected chi connectivity index (χ2v) is 4.83. The van der Waals surface area contributed by atoms with Gasteiger partial charge >= 0.3 is 0 Å². The number of aryl methyl sites for hydroxylation is 1. The fourth-order valence-electron chi connectivity index (χ4n) is 2.21. The zero-order valence-electron chi connectivity index (χ0n) is 10.2. The molecular formula is C13H14N4S. The lowest BCUT2D eigenvalue weighted by Gasteiger charge is -2.17. The molecule has 1 aliphatic rings. The van der Waals surface area contributed by atoms with Crippen LogP contribution in [-0.4, -0.2) is 21.5 Å². The monoisotopic (exact) mass is 258 g/mol. The summed E-state index contributed by atoms with van der Waals surface area (Å²) in [6.45, 7) is 3.81. The van der Waals surface area contributed by atoms with Crippen molar-refractivity contribution in [2.45, 2.75) is 19.9 Å². The van der Waals surface area contributed by atoms with Crippen molar-refractivity contribution in [2.24, 2.45) is 0 Å². The summed E-state index contributed by atoms with van der Waals surface area (Å²) >= 11 is 5.37. The van der Waals surface area contributed by atoms with Crippen LogP contribution in [0, 0.1) is 11.6 Å². The molecule has 0 amide bonds. The minimum atomic E-state index is 0.677. The molecule has 0 spiro atoms. The van der Waals surface area contributed by atoms with Gasteiger partial charge in [-0.15, -0.1) is 0 Å². The number of hydrogen-bond donors (Lipinski definition) is 2. The van der Waals surface area contributed by atoms with Gasteiger partial charge in [-0.05, 0) is 18.6 Å². The summed E-state index contributed by atoms with van der Waals surface area (Å²) in [5.74, 6) is 0.777. The standard InChI is InChI=1S/C13H14N4S/c1-8-3-2-5-15-11(8)12-16-10-4-6-14-7-9(10)13(18)17-12/h2-3,5,14H,4,6-7H2,1H3,(H,16,17,18). The Morgan fingerprint density at radius 1 is 1.39 bits per heavy atom. The molecule has 0 radical (unpaired) electrons. The van der Waals surface area contributed by atoms with E-state index < -0.39 is 0 Å². The van der Waals surface area contributed by atoms with Gasteiger partial charge in [-0.3, -0.25) is 4.98 Å². The Bertz CT molecular complexity index is 648. The Labute approximate surface area is 111 Å². The van der Waals surface area contributed by atoms with Gasteiger partial charge in [-0.25, -0.2) is 4.98 Å². The second kappa shape index (κ2) is 4.59. The van der Waals surface area contributed by atoms with Gasteiger partial charge in [-0.1, -0.05) is 18.3 Å². The number of aromatic nitrogens is 3. The molecule has 0 fully saturated rings. The van der Waals surface area contributed by atoms with Crippen LogP contribution in [0.5, 0.6) is 0 Å². The number of fused-ring (bicyclic) bond motifs is 1. The summed E-state index contributed by atoms with van der Waals surface area (Å²) in [7, 11) is 0. The van der Waals surface area contributed by atoms with E-state index in [9.17, 15) is 0 Å². The molecule has 4 nitrogen and oxygen atoms in total. The van der Waals surface area contributed by atoms with Crippen molar-refractivity contribution < 1.29 is 0 Å². The fourth-order valence-corrected chi connectivity index (χ4v) is 2.50. The number of rotatable bonds is 1. The van der Waals surface area contributed by atoms with Crippen LogP contribution in [0.15, 0.2) is 18.3 Å². The maximum Gasteiger partial charge on any atom is 0.158 e. The molecule has 3 heterocycles. The molecule has 1 aliphatic heterocycles. The van der Waals surface area contributed by atoms with Crippen molar-refractivity contribution in [3.63, 3.8) is 0 Å². The zero-order valence-corrected chi connectivity index (χ0v) is 11.0. The number of aromatic amines is 1. The fraction of sp³-hybridized carbons (Fsp3) is 0.308. The molecular weight excluding hydrogens is 244 g/mol. The number of nitrogens with zero attached hydrogens (tertiary/aromatic N) is 2. The van der Waals surface area contributed by atoms with E-state index in [-0.39, 0.29) is 0 Å². The summed E-state index contributed by atoms with van der Waals surface area (Å²) < 4.78 is 0.677. The van der Waals surface area contributed by atoms with Crippen molar-refractivity contribution >= 4 is 12.2 Å². The molecule has 0 aromatic carbocycles. The van der Waals surface area contributed by atoms with Crippen molar-refractivity contribution in [1.29, 1.82) is 0 Å². The Hall–Kier alpha value is -1.59. The quantitative estimate of drug-likeness (QED) is 0.770. The maximum atomic E-state index is 5.37. The molecule has 0 aliphatic carbocycles. The molecule has 2 N–H and O–H groups in total. The topological polar surface area (TPSA) is 53.6 Å². The van der Waals surface area contributed by atoms with Gasteiger partial charge in [0.15, 0.2) is 5.82 Å². The first-order chi connectivity index (χ1) is 8.75. The third-order valence-corrected chi connectivity index (χ3v) is 3.53. The molecule has 92 valence electrons. The van der Waals surface area contributed by atoms with E-state index in [0.29, 0.717) is 4.64 Å². The molecule has 18 heavy (non-hydrogen) atoms. The predicted molar refractivity (Wildman–Crippen MR) is 72.8 cm³/mol. The van der Waals surface area contributed by atoms with Crippen molar-refractivity contribution in [3.05, 3.63) is 39.8 Å². The molecule has 0 bridgehead atoms. The number of hydrogen-bond acceptors (Lipinski definition) is 4. The van der Waals surface area contributed by atoms with Gasteiger partial charge in [0.2, 0.25) is 0 Å². The highest BCUT2D eigenvalue weighted by molar-refractivity contribution is 7.71. The third kappa shape index (κ3) is 1.95. The van der Waals surface area contributed by atoms with Crippen LogP contribution >= 0.6 is 12.2 Å². The highest BCUT2D eigenvalue weighted by Gasteiger charge is 2.14. The van der Waals surface area contributed by atoms with Gasteiger partial charge in [0, 0.05) is 37.0 Å². The highest BCUT2D eigenvalue weighted by atomic mass is 32.1. The molecule has 2 aromatic heterocycles. The van der Waals surface area contributed by atoms with Gasteiger partial charge in [0.25, 0.3) is 0 Å². The predicted octanol–water partition coefficient (Wildman–Crippen LogP) is 2.16. The van der Waals surface area contributed by atoms with Crippen LogP contribution in [0.3, 0.4) is 0 Å². The summed E-state index contributed by atoms with van der Waals surface area (Å²) in [6.07, 6.45) is 2.74. The normalized spacial score (nSPS) is 14.3. The lowest BCUT2D eigenvalue weighted by Crippen LogP contribution is -2.25. The Morgan fingerprint density at radius 2 is 2.28 bits per heavy atom. The van der Waals surface area contributed by atoms with Crippen LogP contribution in [0.4, 0.5) is 0 Å². The summed E-state index contributed by atoms with van der Waals surface area (Å²) in [4.78, 5) is 12.2. The largest absolute Gasteiger partial charge is 0.341 e.